The summed E-state index contributed by atoms with van der Waals surface area (Å²) >= 11 is 9.49. The molecule has 0 aliphatic heterocycles. The van der Waals surface area contributed by atoms with Gasteiger partial charge in [0.15, 0.2) is 5.13 Å². The fourth-order valence-electron chi connectivity index (χ4n) is 1.60. The fraction of sp³-hybridized carbons (Fsp3) is 0.417. The van der Waals surface area contributed by atoms with Crippen molar-refractivity contribution in [3.63, 3.8) is 0 Å². The van der Waals surface area contributed by atoms with Gasteiger partial charge in [-0.1, -0.05) is 29.9 Å². The second-order valence-electron chi connectivity index (χ2n) is 3.84. The van der Waals surface area contributed by atoms with E-state index in [-0.39, 0.29) is 0 Å². The van der Waals surface area contributed by atoms with Crippen LogP contribution in [0.3, 0.4) is 0 Å². The van der Waals surface area contributed by atoms with Gasteiger partial charge >= 0.3 is 0 Å². The molecule has 0 bridgehead atoms. The lowest BCUT2D eigenvalue weighted by Crippen LogP contribution is -2.20. The third kappa shape index (κ3) is 3.27. The van der Waals surface area contributed by atoms with Gasteiger partial charge in [-0.25, -0.2) is 4.98 Å². The van der Waals surface area contributed by atoms with Crippen molar-refractivity contribution in [1.29, 1.82) is 0 Å². The van der Waals surface area contributed by atoms with Gasteiger partial charge in [0, 0.05) is 16.8 Å². The second kappa shape index (κ2) is 5.94. The topological polar surface area (TPSA) is 24.9 Å². The predicted octanol–water partition coefficient (Wildman–Crippen LogP) is 4.50. The minimum atomic E-state index is 0.487. The summed E-state index contributed by atoms with van der Waals surface area (Å²) in [5.41, 5.74) is 1.01. The van der Waals surface area contributed by atoms with Crippen molar-refractivity contribution in [1.82, 2.24) is 4.98 Å². The Kier molecular flexibility index (Phi) is 4.54. The van der Waals surface area contributed by atoms with Crippen molar-refractivity contribution in [3.05, 3.63) is 23.2 Å². The van der Waals surface area contributed by atoms with E-state index in [9.17, 15) is 0 Å². The highest BCUT2D eigenvalue weighted by atomic mass is 35.5. The first-order valence-corrected chi connectivity index (χ1v) is 8.13. The number of hydrogen-bond donors (Lipinski definition) is 1. The standard InChI is InChI=1S/C12H15ClN2S2/c1-3-9(7-16-2)14-12-15-10-5-4-8(13)6-11(10)17-12/h4-6,9H,3,7H2,1-2H3,(H,14,15). The molecule has 0 spiro atoms. The Morgan fingerprint density at radius 2 is 2.35 bits per heavy atom. The number of hydrogen-bond acceptors (Lipinski definition) is 4. The quantitative estimate of drug-likeness (QED) is 0.876. The zero-order chi connectivity index (χ0) is 12.3. The van der Waals surface area contributed by atoms with E-state index in [0.29, 0.717) is 6.04 Å². The first-order valence-electron chi connectivity index (χ1n) is 5.54. The fourth-order valence-corrected chi connectivity index (χ4v) is 3.54. The van der Waals surface area contributed by atoms with Crippen LogP contribution >= 0.6 is 34.7 Å². The number of anilines is 1. The Balaban J connectivity index is 2.18. The molecule has 0 saturated heterocycles. The van der Waals surface area contributed by atoms with Gasteiger partial charge < -0.3 is 5.32 Å². The second-order valence-corrected chi connectivity index (χ2v) is 6.21. The van der Waals surface area contributed by atoms with Crippen LogP contribution in [0.1, 0.15) is 13.3 Å². The van der Waals surface area contributed by atoms with Crippen molar-refractivity contribution in [3.8, 4) is 0 Å². The lowest BCUT2D eigenvalue weighted by Gasteiger charge is -2.14. The predicted molar refractivity (Wildman–Crippen MR) is 80.7 cm³/mol. The van der Waals surface area contributed by atoms with Crippen molar-refractivity contribution < 1.29 is 0 Å². The monoisotopic (exact) mass is 286 g/mol. The third-order valence-electron chi connectivity index (χ3n) is 2.54. The normalized spacial score (nSPS) is 12.9. The molecule has 2 rings (SSSR count). The summed E-state index contributed by atoms with van der Waals surface area (Å²) in [5.74, 6) is 1.10. The third-order valence-corrected chi connectivity index (χ3v) is 4.46. The molecule has 0 radical (unpaired) electrons. The van der Waals surface area contributed by atoms with Crippen LogP contribution in [0, 0.1) is 0 Å². The molecule has 0 amide bonds. The average molecular weight is 287 g/mol. The Morgan fingerprint density at radius 1 is 1.53 bits per heavy atom. The first kappa shape index (κ1) is 13.0. The Labute approximate surface area is 115 Å². The summed E-state index contributed by atoms with van der Waals surface area (Å²) in [6.45, 7) is 2.19. The first-order chi connectivity index (χ1) is 8.22. The molecule has 1 atom stereocenters. The molecule has 0 saturated carbocycles. The minimum Gasteiger partial charge on any atom is -0.358 e. The number of thiazole rings is 1. The van der Waals surface area contributed by atoms with E-state index in [4.69, 9.17) is 11.6 Å². The minimum absolute atomic E-state index is 0.487. The Bertz CT molecular complexity index is 498. The maximum Gasteiger partial charge on any atom is 0.184 e. The van der Waals surface area contributed by atoms with Gasteiger partial charge in [0.1, 0.15) is 0 Å². The van der Waals surface area contributed by atoms with Crippen LogP contribution in [-0.4, -0.2) is 23.0 Å². The number of nitrogens with one attached hydrogen (secondary N) is 1. The maximum absolute atomic E-state index is 5.97. The van der Waals surface area contributed by atoms with Gasteiger partial charge in [-0.2, -0.15) is 11.8 Å². The molecule has 5 heteroatoms. The van der Waals surface area contributed by atoms with E-state index in [2.05, 4.69) is 23.5 Å². The van der Waals surface area contributed by atoms with Gasteiger partial charge in [-0.3, -0.25) is 0 Å². The molecule has 2 nitrogen and oxygen atoms in total. The molecule has 92 valence electrons. The molecule has 1 aromatic heterocycles. The van der Waals surface area contributed by atoms with Crippen LogP contribution in [0.4, 0.5) is 5.13 Å². The smallest absolute Gasteiger partial charge is 0.184 e. The van der Waals surface area contributed by atoms with Crippen molar-refractivity contribution in [2.24, 2.45) is 0 Å². The summed E-state index contributed by atoms with van der Waals surface area (Å²) in [5, 5.41) is 5.24. The van der Waals surface area contributed by atoms with Gasteiger partial charge in [-0.15, -0.1) is 0 Å². The summed E-state index contributed by atoms with van der Waals surface area (Å²) in [7, 11) is 0. The number of rotatable bonds is 5. The molecule has 0 fully saturated rings. The number of aromatic nitrogens is 1. The van der Waals surface area contributed by atoms with Crippen LogP contribution in [0.15, 0.2) is 18.2 Å². The summed E-state index contributed by atoms with van der Waals surface area (Å²) in [4.78, 5) is 4.56. The van der Waals surface area contributed by atoms with E-state index in [1.165, 1.54) is 0 Å². The number of thioether (sulfide) groups is 1. The average Bonchev–Trinajstić information content (AvgIpc) is 2.69. The summed E-state index contributed by atoms with van der Waals surface area (Å²) < 4.78 is 1.14. The lowest BCUT2D eigenvalue weighted by atomic mass is 10.3. The van der Waals surface area contributed by atoms with Crippen LogP contribution in [-0.2, 0) is 0 Å². The molecule has 1 unspecified atom stereocenters. The van der Waals surface area contributed by atoms with Gasteiger partial charge in [0.2, 0.25) is 0 Å². The molecule has 1 N–H and O–H groups in total. The number of halogens is 1. The van der Waals surface area contributed by atoms with Crippen LogP contribution in [0.25, 0.3) is 10.2 Å². The van der Waals surface area contributed by atoms with Crippen molar-refractivity contribution in [2.45, 2.75) is 19.4 Å². The highest BCUT2D eigenvalue weighted by Gasteiger charge is 2.09. The van der Waals surface area contributed by atoms with E-state index in [1.807, 2.05) is 30.0 Å². The molecule has 17 heavy (non-hydrogen) atoms. The van der Waals surface area contributed by atoms with Crippen LogP contribution < -0.4 is 5.32 Å². The van der Waals surface area contributed by atoms with E-state index >= 15 is 0 Å². The zero-order valence-electron chi connectivity index (χ0n) is 9.87. The Morgan fingerprint density at radius 3 is 3.06 bits per heavy atom. The van der Waals surface area contributed by atoms with Crippen LogP contribution in [0.5, 0.6) is 0 Å². The van der Waals surface area contributed by atoms with Gasteiger partial charge in [-0.05, 0) is 30.9 Å². The Hall–Kier alpha value is -0.450. The molecule has 1 heterocycles. The highest BCUT2D eigenvalue weighted by Crippen LogP contribution is 2.29. The zero-order valence-corrected chi connectivity index (χ0v) is 12.3. The van der Waals surface area contributed by atoms with Crippen LogP contribution in [0.2, 0.25) is 5.02 Å². The molecule has 2 aromatic rings. The maximum atomic E-state index is 5.97. The number of nitrogens with zero attached hydrogens (tertiary/aromatic N) is 1. The van der Waals surface area contributed by atoms with E-state index in [1.54, 1.807) is 11.3 Å². The number of fused-ring (bicyclic) bond motifs is 1. The summed E-state index contributed by atoms with van der Waals surface area (Å²) in [6.07, 6.45) is 3.24. The van der Waals surface area contributed by atoms with Crippen molar-refractivity contribution >= 4 is 50.0 Å². The SMILES string of the molecule is CCC(CSC)Nc1nc2ccc(Cl)cc2s1. The van der Waals surface area contributed by atoms with Crippen molar-refractivity contribution in [2.75, 3.05) is 17.3 Å². The molecular formula is C12H15ClN2S2. The molecule has 0 aliphatic carbocycles. The molecule has 1 aromatic carbocycles. The van der Waals surface area contributed by atoms with E-state index in [0.717, 1.165) is 32.5 Å². The molecular weight excluding hydrogens is 272 g/mol. The van der Waals surface area contributed by atoms with E-state index < -0.39 is 0 Å². The van der Waals surface area contributed by atoms with Gasteiger partial charge in [0.05, 0.1) is 10.2 Å². The largest absolute Gasteiger partial charge is 0.358 e. The highest BCUT2D eigenvalue weighted by molar-refractivity contribution is 7.98. The number of benzene rings is 1. The summed E-state index contributed by atoms with van der Waals surface area (Å²) in [6, 6.07) is 6.30. The van der Waals surface area contributed by atoms with Gasteiger partial charge in [0.25, 0.3) is 0 Å². The molecule has 0 aliphatic rings. The lowest BCUT2D eigenvalue weighted by molar-refractivity contribution is 0.774.